The minimum atomic E-state index is -1.66. The van der Waals surface area contributed by atoms with E-state index in [0.29, 0.717) is 18.5 Å². The summed E-state index contributed by atoms with van der Waals surface area (Å²) in [5.74, 6) is 1.93. The summed E-state index contributed by atoms with van der Waals surface area (Å²) in [6, 6.07) is 17.2. The predicted molar refractivity (Wildman–Crippen MR) is 151 cm³/mol. The number of para-hydroxylation sites is 1. The average Bonchev–Trinajstić information content (AvgIpc) is 3.37. The van der Waals surface area contributed by atoms with Gasteiger partial charge in [0.15, 0.2) is 6.29 Å². The van der Waals surface area contributed by atoms with E-state index in [1.165, 1.54) is 28.5 Å². The molecular formula is C32H37N4O4+. The van der Waals surface area contributed by atoms with Crippen LogP contribution in [0.25, 0.3) is 17.1 Å². The van der Waals surface area contributed by atoms with Gasteiger partial charge in [-0.2, -0.15) is 4.57 Å². The van der Waals surface area contributed by atoms with Crippen molar-refractivity contribution < 1.29 is 24.3 Å². The number of aryl methyl sites for hydroxylation is 1. The Hall–Kier alpha value is -3.72. The smallest absolute Gasteiger partial charge is 0.324 e. The number of nitrogens with zero attached hydrogens (tertiary/aromatic N) is 4. The fourth-order valence-corrected chi connectivity index (χ4v) is 6.01. The van der Waals surface area contributed by atoms with E-state index >= 15 is 0 Å². The number of ether oxygens (including phenoxy) is 2. The maximum Gasteiger partial charge on any atom is 0.324 e. The first-order valence-corrected chi connectivity index (χ1v) is 14.0. The van der Waals surface area contributed by atoms with Gasteiger partial charge in [-0.25, -0.2) is 0 Å². The van der Waals surface area contributed by atoms with Gasteiger partial charge in [0.25, 0.3) is 0 Å². The zero-order valence-corrected chi connectivity index (χ0v) is 23.8. The molecule has 2 aliphatic rings. The lowest BCUT2D eigenvalue weighted by atomic mass is 9.91. The molecule has 40 heavy (non-hydrogen) atoms. The summed E-state index contributed by atoms with van der Waals surface area (Å²) in [7, 11) is 0. The summed E-state index contributed by atoms with van der Waals surface area (Å²) in [4.78, 5) is 2.53. The molecule has 2 aromatic carbocycles. The largest absolute Gasteiger partial charge is 0.488 e. The molecule has 8 heteroatoms. The Morgan fingerprint density at radius 1 is 1.10 bits per heavy atom. The normalized spacial score (nSPS) is 16.5. The first-order valence-electron chi connectivity index (χ1n) is 14.0. The molecule has 0 radical (unpaired) electrons. The molecule has 6 rings (SSSR count). The van der Waals surface area contributed by atoms with Crippen LogP contribution in [0.1, 0.15) is 66.7 Å². The number of pyridine rings is 1. The fraction of sp³-hybridized carbons (Fsp3) is 0.375. The van der Waals surface area contributed by atoms with Crippen LogP contribution in [0.5, 0.6) is 11.6 Å². The Bertz CT molecular complexity index is 1580. The van der Waals surface area contributed by atoms with Crippen molar-refractivity contribution in [3.05, 3.63) is 88.1 Å². The second-order valence-corrected chi connectivity index (χ2v) is 11.1. The van der Waals surface area contributed by atoms with Crippen molar-refractivity contribution in [1.29, 1.82) is 0 Å². The molecule has 8 nitrogen and oxygen atoms in total. The SMILES string of the molecule is Cc1cccc(-c2cccc3[n+]2C(C)Oc2c(C(O)O)cnn2-3)c1OCc1ccc2c(c1C)CCN(C(C)C)C2. The lowest BCUT2D eigenvalue weighted by Gasteiger charge is -2.33. The molecular weight excluding hydrogens is 504 g/mol. The maximum atomic E-state index is 9.77. The van der Waals surface area contributed by atoms with E-state index in [0.717, 1.165) is 47.9 Å². The molecule has 208 valence electrons. The number of benzene rings is 2. The lowest BCUT2D eigenvalue weighted by molar-refractivity contribution is -0.740. The number of rotatable bonds is 6. The summed E-state index contributed by atoms with van der Waals surface area (Å²) >= 11 is 0. The standard InChI is InChI=1S/C32H37N4O4/c1-19(2)34-15-14-25-21(4)24(13-12-23(25)17-34)18-39-30-20(3)8-6-9-26(30)28-10-7-11-29-35(28)22(5)40-31-27(32(37)38)16-33-36(29)31/h6-13,16,19,22,32,37-38H,14-15,17-18H2,1-5H3/q+1. The van der Waals surface area contributed by atoms with Crippen LogP contribution in [0.2, 0.25) is 0 Å². The second kappa shape index (κ2) is 10.4. The number of hydrogen-bond acceptors (Lipinski definition) is 6. The molecule has 0 fully saturated rings. The van der Waals surface area contributed by atoms with E-state index in [4.69, 9.17) is 9.47 Å². The number of hydrogen-bond donors (Lipinski definition) is 2. The highest BCUT2D eigenvalue weighted by Crippen LogP contribution is 2.37. The first-order chi connectivity index (χ1) is 19.2. The predicted octanol–water partition coefficient (Wildman–Crippen LogP) is 4.68. The van der Waals surface area contributed by atoms with Crippen molar-refractivity contribution in [2.24, 2.45) is 0 Å². The van der Waals surface area contributed by atoms with E-state index in [9.17, 15) is 10.2 Å². The van der Waals surface area contributed by atoms with E-state index in [-0.39, 0.29) is 5.56 Å². The molecule has 0 spiro atoms. The van der Waals surface area contributed by atoms with Crippen molar-refractivity contribution >= 4 is 0 Å². The Morgan fingerprint density at radius 2 is 1.90 bits per heavy atom. The van der Waals surface area contributed by atoms with Crippen molar-refractivity contribution in [2.45, 2.75) is 72.8 Å². The van der Waals surface area contributed by atoms with Gasteiger partial charge in [-0.3, -0.25) is 4.90 Å². The summed E-state index contributed by atoms with van der Waals surface area (Å²) in [6.07, 6.45) is 0.424. The summed E-state index contributed by atoms with van der Waals surface area (Å²) < 4.78 is 16.4. The molecule has 4 aromatic rings. The lowest BCUT2D eigenvalue weighted by Crippen LogP contribution is -2.50. The van der Waals surface area contributed by atoms with E-state index in [1.807, 2.05) is 31.2 Å². The van der Waals surface area contributed by atoms with Gasteiger partial charge in [-0.15, -0.1) is 0 Å². The highest BCUT2D eigenvalue weighted by atomic mass is 16.5. The van der Waals surface area contributed by atoms with Crippen molar-refractivity contribution in [2.75, 3.05) is 6.54 Å². The van der Waals surface area contributed by atoms with E-state index in [2.05, 4.69) is 66.5 Å². The van der Waals surface area contributed by atoms with Crippen LogP contribution in [0.3, 0.4) is 0 Å². The van der Waals surface area contributed by atoms with Gasteiger partial charge in [0.1, 0.15) is 23.6 Å². The molecule has 2 N–H and O–H groups in total. The third kappa shape index (κ3) is 4.46. The molecule has 1 atom stereocenters. The van der Waals surface area contributed by atoms with Crippen molar-refractivity contribution in [3.8, 4) is 28.7 Å². The van der Waals surface area contributed by atoms with Crippen LogP contribution in [0.4, 0.5) is 0 Å². The maximum absolute atomic E-state index is 9.77. The van der Waals surface area contributed by atoms with Gasteiger partial charge in [0, 0.05) is 32.1 Å². The monoisotopic (exact) mass is 541 g/mol. The Labute approximate surface area is 235 Å². The van der Waals surface area contributed by atoms with Gasteiger partial charge in [-0.1, -0.05) is 34.0 Å². The number of aliphatic hydroxyl groups is 2. The first kappa shape index (κ1) is 26.5. The molecule has 2 aromatic heterocycles. The molecule has 1 unspecified atom stereocenters. The van der Waals surface area contributed by atoms with Crippen LogP contribution in [-0.2, 0) is 19.6 Å². The van der Waals surface area contributed by atoms with Crippen molar-refractivity contribution in [1.82, 2.24) is 14.7 Å². The van der Waals surface area contributed by atoms with Crippen LogP contribution >= 0.6 is 0 Å². The van der Waals surface area contributed by atoms with Gasteiger partial charge in [-0.05, 0) is 80.1 Å². The molecule has 0 saturated heterocycles. The Kier molecular flexibility index (Phi) is 6.86. The average molecular weight is 542 g/mol. The third-order valence-electron chi connectivity index (χ3n) is 8.32. The van der Waals surface area contributed by atoms with Crippen LogP contribution in [-0.4, -0.2) is 37.5 Å². The zero-order chi connectivity index (χ0) is 28.1. The van der Waals surface area contributed by atoms with Crippen LogP contribution in [0.15, 0.2) is 54.7 Å². The number of aliphatic hydroxyl groups excluding tert-OH is 1. The Morgan fingerprint density at radius 3 is 2.67 bits per heavy atom. The minimum absolute atomic E-state index is 0.236. The fourth-order valence-electron chi connectivity index (χ4n) is 6.01. The van der Waals surface area contributed by atoms with E-state index < -0.39 is 12.5 Å². The summed E-state index contributed by atoms with van der Waals surface area (Å²) in [5, 5.41) is 23.9. The Balaban J connectivity index is 1.35. The minimum Gasteiger partial charge on any atom is -0.488 e. The highest BCUT2D eigenvalue weighted by Gasteiger charge is 2.37. The quantitative estimate of drug-likeness (QED) is 0.272. The van der Waals surface area contributed by atoms with Gasteiger partial charge in [0.2, 0.25) is 6.23 Å². The third-order valence-corrected chi connectivity index (χ3v) is 8.32. The highest BCUT2D eigenvalue weighted by molar-refractivity contribution is 5.67. The van der Waals surface area contributed by atoms with Crippen molar-refractivity contribution in [3.63, 3.8) is 0 Å². The number of fused-ring (bicyclic) bond motifs is 4. The van der Waals surface area contributed by atoms with Crippen LogP contribution < -0.4 is 14.0 Å². The van der Waals surface area contributed by atoms with Gasteiger partial charge >= 0.3 is 11.7 Å². The molecule has 4 heterocycles. The van der Waals surface area contributed by atoms with E-state index in [1.54, 1.807) is 4.68 Å². The van der Waals surface area contributed by atoms with Crippen LogP contribution in [0, 0.1) is 13.8 Å². The summed E-state index contributed by atoms with van der Waals surface area (Å²) in [5.41, 5.74) is 8.59. The topological polar surface area (TPSA) is 83.9 Å². The molecule has 2 aliphatic heterocycles. The van der Waals surface area contributed by atoms with Gasteiger partial charge < -0.3 is 19.7 Å². The molecule has 0 amide bonds. The number of aromatic nitrogens is 3. The molecule has 0 bridgehead atoms. The summed E-state index contributed by atoms with van der Waals surface area (Å²) in [6.45, 7) is 13.3. The molecule has 0 aliphatic carbocycles. The second-order valence-electron chi connectivity index (χ2n) is 11.1. The molecule has 0 saturated carbocycles. The zero-order valence-electron chi connectivity index (χ0n) is 23.8. The van der Waals surface area contributed by atoms with Gasteiger partial charge in [0.05, 0.1) is 11.8 Å².